The van der Waals surface area contributed by atoms with E-state index in [0.717, 1.165) is 11.1 Å². The maximum Gasteiger partial charge on any atom is 0.410 e. The summed E-state index contributed by atoms with van der Waals surface area (Å²) in [6.07, 6.45) is -0.562. The van der Waals surface area contributed by atoms with Crippen LogP contribution in [0.3, 0.4) is 0 Å². The minimum atomic E-state index is -0.620. The number of nitrogens with one attached hydrogen (secondary N) is 2. The van der Waals surface area contributed by atoms with E-state index < -0.39 is 11.7 Å². The van der Waals surface area contributed by atoms with Crippen LogP contribution >= 0.6 is 0 Å². The van der Waals surface area contributed by atoms with Crippen molar-refractivity contribution in [2.45, 2.75) is 39.5 Å². The molecule has 0 aliphatic rings. The van der Waals surface area contributed by atoms with E-state index >= 15 is 0 Å². The largest absolute Gasteiger partial charge is 0.489 e. The van der Waals surface area contributed by atoms with Gasteiger partial charge in [-0.05, 0) is 56.2 Å². The Labute approximate surface area is 194 Å². The lowest BCUT2D eigenvalue weighted by atomic mass is 10.1. The zero-order chi connectivity index (χ0) is 24.4. The molecule has 0 aliphatic carbocycles. The second-order valence-corrected chi connectivity index (χ2v) is 8.36. The molecule has 9 nitrogen and oxygen atoms in total. The molecule has 0 unspecified atom stereocenters. The number of hydrazine groups is 1. The number of carbonyl (C=O) groups excluding carboxylic acids is 3. The van der Waals surface area contributed by atoms with Gasteiger partial charge in [0.25, 0.3) is 5.91 Å². The second-order valence-electron chi connectivity index (χ2n) is 8.36. The van der Waals surface area contributed by atoms with Crippen molar-refractivity contribution in [2.24, 2.45) is 0 Å². The number of esters is 1. The van der Waals surface area contributed by atoms with Crippen LogP contribution in [0.4, 0.5) is 4.79 Å². The minimum absolute atomic E-state index is 0.130. The minimum Gasteiger partial charge on any atom is -0.489 e. The highest BCUT2D eigenvalue weighted by atomic mass is 16.6. The molecule has 0 bridgehead atoms. The van der Waals surface area contributed by atoms with Crippen molar-refractivity contribution in [1.29, 1.82) is 0 Å². The third-order valence-electron chi connectivity index (χ3n) is 4.31. The van der Waals surface area contributed by atoms with Crippen molar-refractivity contribution in [2.75, 3.05) is 20.7 Å². The number of methoxy groups -OCH3 is 1. The van der Waals surface area contributed by atoms with Crippen molar-refractivity contribution in [3.8, 4) is 5.75 Å². The molecule has 0 atom stereocenters. The monoisotopic (exact) mass is 457 g/mol. The molecule has 0 fully saturated rings. The highest BCUT2D eigenvalue weighted by molar-refractivity contribution is 5.89. The van der Waals surface area contributed by atoms with E-state index in [0.29, 0.717) is 24.5 Å². The van der Waals surface area contributed by atoms with Gasteiger partial charge in [0.1, 0.15) is 24.5 Å². The summed E-state index contributed by atoms with van der Waals surface area (Å²) < 4.78 is 15.7. The van der Waals surface area contributed by atoms with Crippen LogP contribution in [0.1, 0.15) is 42.3 Å². The first-order valence-electron chi connectivity index (χ1n) is 10.4. The fourth-order valence-electron chi connectivity index (χ4n) is 2.63. The van der Waals surface area contributed by atoms with Crippen LogP contribution in [-0.2, 0) is 27.4 Å². The van der Waals surface area contributed by atoms with Crippen LogP contribution in [0.25, 0.3) is 0 Å². The van der Waals surface area contributed by atoms with Gasteiger partial charge in [-0.2, -0.15) is 0 Å². The summed E-state index contributed by atoms with van der Waals surface area (Å²) in [4.78, 5) is 36.6. The maximum atomic E-state index is 12.0. The number of amides is 2. The Kier molecular flexibility index (Phi) is 9.23. The molecule has 33 heavy (non-hydrogen) atoms. The van der Waals surface area contributed by atoms with Crippen LogP contribution in [0.15, 0.2) is 48.5 Å². The van der Waals surface area contributed by atoms with Crippen molar-refractivity contribution < 1.29 is 28.6 Å². The number of ether oxygens (including phenoxy) is 3. The third-order valence-corrected chi connectivity index (χ3v) is 4.31. The average Bonchev–Trinajstić information content (AvgIpc) is 2.77. The predicted molar refractivity (Wildman–Crippen MR) is 122 cm³/mol. The molecule has 0 heterocycles. The standard InChI is InChI=1S/C24H31N3O6/c1-24(2,3)33-23(30)27(4)15-21(28)26-25-14-17-8-12-20(13-9-17)32-16-18-6-10-19(11-7-18)22(29)31-5/h6-13,25H,14-16H2,1-5H3,(H,26,28). The van der Waals surface area contributed by atoms with Crippen molar-refractivity contribution >= 4 is 18.0 Å². The molecule has 2 N–H and O–H groups in total. The summed E-state index contributed by atoms with van der Waals surface area (Å²) in [5.74, 6) is -0.0433. The van der Waals surface area contributed by atoms with Gasteiger partial charge in [0, 0.05) is 13.6 Å². The molecule has 0 saturated heterocycles. The Balaban J connectivity index is 1.72. The molecule has 0 saturated carbocycles. The van der Waals surface area contributed by atoms with E-state index in [1.54, 1.807) is 32.9 Å². The molecule has 0 radical (unpaired) electrons. The second kappa shape index (κ2) is 11.9. The number of hydrogen-bond donors (Lipinski definition) is 2. The lowest BCUT2D eigenvalue weighted by molar-refractivity contribution is -0.123. The lowest BCUT2D eigenvalue weighted by Gasteiger charge is -2.24. The fraction of sp³-hybridized carbons (Fsp3) is 0.375. The van der Waals surface area contributed by atoms with Crippen LogP contribution in [0.2, 0.25) is 0 Å². The number of benzene rings is 2. The molecule has 0 aliphatic heterocycles. The van der Waals surface area contributed by atoms with E-state index in [4.69, 9.17) is 9.47 Å². The number of rotatable bonds is 9. The van der Waals surface area contributed by atoms with Gasteiger partial charge < -0.3 is 19.1 Å². The number of likely N-dealkylation sites (N-methyl/N-ethyl adjacent to an activating group) is 1. The Morgan fingerprint density at radius 1 is 0.939 bits per heavy atom. The van der Waals surface area contributed by atoms with Crippen LogP contribution in [-0.4, -0.2) is 49.2 Å². The smallest absolute Gasteiger partial charge is 0.410 e. The van der Waals surface area contributed by atoms with E-state index in [2.05, 4.69) is 15.6 Å². The van der Waals surface area contributed by atoms with Gasteiger partial charge in [0.05, 0.1) is 12.7 Å². The molecular weight excluding hydrogens is 426 g/mol. The number of nitrogens with zero attached hydrogens (tertiary/aromatic N) is 1. The topological polar surface area (TPSA) is 106 Å². The molecule has 0 spiro atoms. The van der Waals surface area contributed by atoms with Crippen LogP contribution in [0, 0.1) is 0 Å². The summed E-state index contributed by atoms with van der Waals surface area (Å²) in [6.45, 7) is 5.92. The molecule has 0 aromatic heterocycles. The molecule has 2 amide bonds. The van der Waals surface area contributed by atoms with Gasteiger partial charge in [0.15, 0.2) is 0 Å². The summed E-state index contributed by atoms with van der Waals surface area (Å²) >= 11 is 0. The molecule has 2 aromatic rings. The normalized spacial score (nSPS) is 10.8. The van der Waals surface area contributed by atoms with Gasteiger partial charge in [-0.15, -0.1) is 0 Å². The first-order valence-corrected chi connectivity index (χ1v) is 10.4. The molecule has 2 rings (SSSR count). The summed E-state index contributed by atoms with van der Waals surface area (Å²) in [7, 11) is 2.84. The highest BCUT2D eigenvalue weighted by Crippen LogP contribution is 2.15. The molecule has 9 heteroatoms. The van der Waals surface area contributed by atoms with Gasteiger partial charge in [-0.3, -0.25) is 10.2 Å². The highest BCUT2D eigenvalue weighted by Gasteiger charge is 2.21. The lowest BCUT2D eigenvalue weighted by Crippen LogP contribution is -2.45. The zero-order valence-corrected chi connectivity index (χ0v) is 19.6. The predicted octanol–water partition coefficient (Wildman–Crippen LogP) is 3.04. The van der Waals surface area contributed by atoms with E-state index in [-0.39, 0.29) is 18.4 Å². The maximum absolute atomic E-state index is 12.0. The van der Waals surface area contributed by atoms with Crippen LogP contribution in [0.5, 0.6) is 5.75 Å². The molecular formula is C24H31N3O6. The van der Waals surface area contributed by atoms with Gasteiger partial charge >= 0.3 is 12.1 Å². The molecule has 178 valence electrons. The van der Waals surface area contributed by atoms with Crippen molar-refractivity contribution in [1.82, 2.24) is 15.8 Å². The number of hydrogen-bond acceptors (Lipinski definition) is 7. The zero-order valence-electron chi connectivity index (χ0n) is 19.6. The van der Waals surface area contributed by atoms with E-state index in [9.17, 15) is 14.4 Å². The Hall–Kier alpha value is -3.59. The van der Waals surface area contributed by atoms with Crippen molar-refractivity contribution in [3.05, 3.63) is 65.2 Å². The van der Waals surface area contributed by atoms with E-state index in [1.165, 1.54) is 19.1 Å². The van der Waals surface area contributed by atoms with Crippen molar-refractivity contribution in [3.63, 3.8) is 0 Å². The first-order chi connectivity index (χ1) is 15.6. The van der Waals surface area contributed by atoms with Crippen LogP contribution < -0.4 is 15.6 Å². The Bertz CT molecular complexity index is 936. The van der Waals surface area contributed by atoms with Gasteiger partial charge in [-0.25, -0.2) is 15.0 Å². The first kappa shape index (κ1) is 25.7. The number of carbonyl (C=O) groups is 3. The van der Waals surface area contributed by atoms with Gasteiger partial charge in [-0.1, -0.05) is 24.3 Å². The van der Waals surface area contributed by atoms with E-state index in [1.807, 2.05) is 36.4 Å². The van der Waals surface area contributed by atoms with Gasteiger partial charge in [0.2, 0.25) is 0 Å². The Morgan fingerprint density at radius 2 is 1.55 bits per heavy atom. The SMILES string of the molecule is COC(=O)c1ccc(COc2ccc(CNNC(=O)CN(C)C(=O)OC(C)(C)C)cc2)cc1. The quantitative estimate of drug-likeness (QED) is 0.440. The fourth-order valence-corrected chi connectivity index (χ4v) is 2.63. The summed E-state index contributed by atoms with van der Waals surface area (Å²) in [5, 5.41) is 0. The summed E-state index contributed by atoms with van der Waals surface area (Å²) in [6, 6.07) is 14.4. The Morgan fingerprint density at radius 3 is 2.12 bits per heavy atom. The average molecular weight is 458 g/mol. The third kappa shape index (κ3) is 9.20. The molecule has 2 aromatic carbocycles. The summed E-state index contributed by atoms with van der Waals surface area (Å²) in [5.41, 5.74) is 7.12.